The standard InChI is InChI=1S/C42H35N/c1-41(2)25-24-37-36-26-30(18-23-38(36)43(42(37,41)3)31-12-8-5-9-13-31)33-20-15-29-16-21-34-32(27-10-6-4-7-11-27)19-14-28-17-22-35(33)40(29)39(28)34/h4-23,26,37H,24-25H2,1-3H3. The van der Waals surface area contributed by atoms with Crippen LogP contribution in [-0.2, 0) is 0 Å². The molecule has 1 fully saturated rings. The summed E-state index contributed by atoms with van der Waals surface area (Å²) >= 11 is 0. The van der Waals surface area contributed by atoms with Crippen molar-refractivity contribution in [1.29, 1.82) is 0 Å². The molecule has 0 amide bonds. The molecule has 1 heterocycles. The molecule has 2 aliphatic rings. The average molecular weight is 554 g/mol. The van der Waals surface area contributed by atoms with E-state index in [1.807, 2.05) is 0 Å². The first-order valence-corrected chi connectivity index (χ1v) is 15.7. The summed E-state index contributed by atoms with van der Waals surface area (Å²) in [6.45, 7) is 7.46. The van der Waals surface area contributed by atoms with Gasteiger partial charge in [0.25, 0.3) is 0 Å². The molecule has 9 rings (SSSR count). The van der Waals surface area contributed by atoms with Crippen molar-refractivity contribution in [2.24, 2.45) is 5.41 Å². The van der Waals surface area contributed by atoms with E-state index >= 15 is 0 Å². The lowest BCUT2D eigenvalue weighted by molar-refractivity contribution is 0.222. The summed E-state index contributed by atoms with van der Waals surface area (Å²) < 4.78 is 0. The highest BCUT2D eigenvalue weighted by Crippen LogP contribution is 2.65. The first-order valence-electron chi connectivity index (χ1n) is 15.7. The number of hydrogen-bond acceptors (Lipinski definition) is 1. The highest BCUT2D eigenvalue weighted by atomic mass is 15.3. The van der Waals surface area contributed by atoms with E-state index in [9.17, 15) is 0 Å². The van der Waals surface area contributed by atoms with Crippen molar-refractivity contribution in [1.82, 2.24) is 0 Å². The van der Waals surface area contributed by atoms with Crippen molar-refractivity contribution in [3.63, 3.8) is 0 Å². The fraction of sp³-hybridized carbons (Fsp3) is 0.190. The fourth-order valence-electron chi connectivity index (χ4n) is 8.79. The molecule has 0 spiro atoms. The number of fused-ring (bicyclic) bond motifs is 3. The third-order valence-corrected chi connectivity index (χ3v) is 11.3. The number of anilines is 2. The molecule has 7 aromatic rings. The Balaban J connectivity index is 1.26. The molecule has 0 aromatic heterocycles. The molecule has 1 nitrogen and oxygen atoms in total. The van der Waals surface area contributed by atoms with Gasteiger partial charge in [0.1, 0.15) is 0 Å². The number of rotatable bonds is 3. The van der Waals surface area contributed by atoms with Crippen LogP contribution in [0.3, 0.4) is 0 Å². The van der Waals surface area contributed by atoms with Crippen LogP contribution < -0.4 is 4.90 Å². The van der Waals surface area contributed by atoms with Gasteiger partial charge in [-0.15, -0.1) is 0 Å². The predicted molar refractivity (Wildman–Crippen MR) is 184 cm³/mol. The lowest BCUT2D eigenvalue weighted by Gasteiger charge is -2.47. The zero-order valence-corrected chi connectivity index (χ0v) is 25.1. The lowest BCUT2D eigenvalue weighted by atomic mass is 9.72. The summed E-state index contributed by atoms with van der Waals surface area (Å²) in [5.74, 6) is 0.505. The quantitative estimate of drug-likeness (QED) is 0.197. The minimum atomic E-state index is 0.0335. The largest absolute Gasteiger partial charge is 0.334 e. The summed E-state index contributed by atoms with van der Waals surface area (Å²) in [4.78, 5) is 2.67. The number of benzene rings is 7. The highest BCUT2D eigenvalue weighted by Gasteiger charge is 2.60. The maximum atomic E-state index is 2.67. The van der Waals surface area contributed by atoms with Gasteiger partial charge in [0.2, 0.25) is 0 Å². The predicted octanol–water partition coefficient (Wildman–Crippen LogP) is 11.7. The Morgan fingerprint density at radius 2 is 1.16 bits per heavy atom. The third kappa shape index (κ3) is 3.28. The number of para-hydroxylation sites is 1. The Morgan fingerprint density at radius 1 is 0.581 bits per heavy atom. The van der Waals surface area contributed by atoms with Gasteiger partial charge in [0.15, 0.2) is 0 Å². The Kier molecular flexibility index (Phi) is 5.05. The van der Waals surface area contributed by atoms with Crippen LogP contribution >= 0.6 is 0 Å². The summed E-state index contributed by atoms with van der Waals surface area (Å²) in [5, 5.41) is 8.04. The zero-order chi connectivity index (χ0) is 28.9. The Hall–Kier alpha value is -4.62. The van der Waals surface area contributed by atoms with Gasteiger partial charge in [-0.1, -0.05) is 117 Å². The first-order chi connectivity index (χ1) is 21.0. The van der Waals surface area contributed by atoms with Crippen LogP contribution in [0.5, 0.6) is 0 Å². The minimum absolute atomic E-state index is 0.0335. The molecule has 0 radical (unpaired) electrons. The Morgan fingerprint density at radius 3 is 1.81 bits per heavy atom. The molecule has 1 heteroatoms. The van der Waals surface area contributed by atoms with Crippen molar-refractivity contribution in [2.45, 2.75) is 45.1 Å². The van der Waals surface area contributed by atoms with Crippen molar-refractivity contribution < 1.29 is 0 Å². The van der Waals surface area contributed by atoms with Crippen molar-refractivity contribution >= 4 is 43.7 Å². The monoisotopic (exact) mass is 553 g/mol. The number of hydrogen-bond donors (Lipinski definition) is 0. The van der Waals surface area contributed by atoms with Crippen LogP contribution in [0.15, 0.2) is 127 Å². The van der Waals surface area contributed by atoms with Gasteiger partial charge in [0, 0.05) is 17.3 Å². The molecule has 2 unspecified atom stereocenters. The van der Waals surface area contributed by atoms with Crippen LogP contribution in [-0.4, -0.2) is 5.54 Å². The molecular formula is C42H35N. The molecule has 7 aromatic carbocycles. The molecule has 208 valence electrons. The second kappa shape index (κ2) is 8.71. The normalized spacial score (nSPS) is 20.7. The molecule has 2 atom stereocenters. The Labute approximate surface area is 253 Å². The summed E-state index contributed by atoms with van der Waals surface area (Å²) in [5.41, 5.74) is 9.63. The second-order valence-corrected chi connectivity index (χ2v) is 13.6. The molecular weight excluding hydrogens is 518 g/mol. The van der Waals surface area contributed by atoms with Crippen molar-refractivity contribution in [2.75, 3.05) is 4.90 Å². The fourth-order valence-corrected chi connectivity index (χ4v) is 8.79. The van der Waals surface area contributed by atoms with Crippen LogP contribution in [0.25, 0.3) is 54.6 Å². The van der Waals surface area contributed by atoms with Crippen LogP contribution in [0, 0.1) is 5.41 Å². The van der Waals surface area contributed by atoms with E-state index in [0.29, 0.717) is 5.92 Å². The molecule has 43 heavy (non-hydrogen) atoms. The molecule has 1 saturated carbocycles. The van der Waals surface area contributed by atoms with Gasteiger partial charge in [-0.3, -0.25) is 0 Å². The van der Waals surface area contributed by atoms with Gasteiger partial charge in [-0.25, -0.2) is 0 Å². The van der Waals surface area contributed by atoms with E-state index in [2.05, 4.69) is 153 Å². The van der Waals surface area contributed by atoms with E-state index in [1.165, 1.54) is 84.4 Å². The molecule has 1 aliphatic heterocycles. The number of nitrogens with zero attached hydrogens (tertiary/aromatic N) is 1. The van der Waals surface area contributed by atoms with E-state index in [-0.39, 0.29) is 11.0 Å². The van der Waals surface area contributed by atoms with Crippen LogP contribution in [0.4, 0.5) is 11.4 Å². The van der Waals surface area contributed by atoms with Gasteiger partial charge >= 0.3 is 0 Å². The SMILES string of the molecule is CC1(C)CCC2c3cc(-c4ccc5ccc6c(-c7ccccc7)ccc7ccc4c5c76)ccc3N(c3ccccc3)C21C. The highest BCUT2D eigenvalue weighted by molar-refractivity contribution is 6.27. The first kappa shape index (κ1) is 24.9. The maximum Gasteiger partial charge on any atom is 0.0543 e. The Bertz CT molecular complexity index is 2180. The van der Waals surface area contributed by atoms with Crippen LogP contribution in [0.1, 0.15) is 45.1 Å². The average Bonchev–Trinajstić information content (AvgIpc) is 3.45. The molecule has 1 aliphatic carbocycles. The second-order valence-electron chi connectivity index (χ2n) is 13.6. The van der Waals surface area contributed by atoms with E-state index < -0.39 is 0 Å². The van der Waals surface area contributed by atoms with Gasteiger partial charge in [-0.05, 0) is 110 Å². The minimum Gasteiger partial charge on any atom is -0.334 e. The molecule has 0 saturated heterocycles. The summed E-state index contributed by atoms with van der Waals surface area (Å²) in [7, 11) is 0. The van der Waals surface area contributed by atoms with Crippen molar-refractivity contribution in [3.8, 4) is 22.3 Å². The van der Waals surface area contributed by atoms with E-state index in [4.69, 9.17) is 0 Å². The van der Waals surface area contributed by atoms with E-state index in [1.54, 1.807) is 0 Å². The smallest absolute Gasteiger partial charge is 0.0543 e. The summed E-state index contributed by atoms with van der Waals surface area (Å²) in [6.07, 6.45) is 2.47. The van der Waals surface area contributed by atoms with E-state index in [0.717, 1.165) is 0 Å². The van der Waals surface area contributed by atoms with Gasteiger partial charge in [-0.2, -0.15) is 0 Å². The lowest BCUT2D eigenvalue weighted by Crippen LogP contribution is -2.50. The van der Waals surface area contributed by atoms with Gasteiger partial charge in [0.05, 0.1) is 5.54 Å². The topological polar surface area (TPSA) is 3.24 Å². The summed E-state index contributed by atoms with van der Waals surface area (Å²) in [6, 6.07) is 47.7. The third-order valence-electron chi connectivity index (χ3n) is 11.3. The zero-order valence-electron chi connectivity index (χ0n) is 25.1. The molecule has 0 N–H and O–H groups in total. The van der Waals surface area contributed by atoms with Crippen molar-refractivity contribution in [3.05, 3.63) is 133 Å². The molecule has 0 bridgehead atoms. The van der Waals surface area contributed by atoms with Gasteiger partial charge < -0.3 is 4.90 Å². The van der Waals surface area contributed by atoms with Crippen LogP contribution in [0.2, 0.25) is 0 Å². The maximum absolute atomic E-state index is 2.67.